The van der Waals surface area contributed by atoms with Crippen LogP contribution in [-0.2, 0) is 27.3 Å². The molecule has 0 saturated carbocycles. The second-order valence-corrected chi connectivity index (χ2v) is 12.0. The molecule has 7 heteroatoms. The van der Waals surface area contributed by atoms with Crippen LogP contribution in [0.3, 0.4) is 0 Å². The predicted molar refractivity (Wildman–Crippen MR) is 159 cm³/mol. The van der Waals surface area contributed by atoms with E-state index in [-0.39, 0.29) is 23.7 Å². The largest absolute Gasteiger partial charge is 0.465 e. The minimum absolute atomic E-state index is 0.0122. The molecule has 2 heterocycles. The van der Waals surface area contributed by atoms with E-state index in [4.69, 9.17) is 4.74 Å². The van der Waals surface area contributed by atoms with Crippen LogP contribution in [0.5, 0.6) is 0 Å². The number of carbonyl (C=O) groups excluding carboxylic acids is 3. The van der Waals surface area contributed by atoms with Gasteiger partial charge in [-0.2, -0.15) is 0 Å². The second kappa shape index (κ2) is 10.5. The van der Waals surface area contributed by atoms with Crippen LogP contribution in [0.4, 0.5) is 11.4 Å². The molecule has 3 aromatic rings. The highest BCUT2D eigenvalue weighted by molar-refractivity contribution is 6.02. The number of allylic oxidation sites excluding steroid dienone is 1. The monoisotopic (exact) mass is 549 g/mol. The average Bonchev–Trinajstić information content (AvgIpc) is 3.10. The van der Waals surface area contributed by atoms with Crippen LogP contribution in [0.1, 0.15) is 59.8 Å². The van der Waals surface area contributed by atoms with E-state index >= 15 is 0 Å². The van der Waals surface area contributed by atoms with Crippen LogP contribution >= 0.6 is 0 Å². The zero-order chi connectivity index (χ0) is 28.7. The lowest BCUT2D eigenvalue weighted by Gasteiger charge is -2.39. The molecule has 0 bridgehead atoms. The van der Waals surface area contributed by atoms with Crippen LogP contribution in [-0.4, -0.2) is 42.8 Å². The van der Waals surface area contributed by atoms with Gasteiger partial charge in [-0.05, 0) is 59.2 Å². The zero-order valence-corrected chi connectivity index (χ0v) is 23.8. The maximum Gasteiger partial charge on any atom is 0.337 e. The van der Waals surface area contributed by atoms with Crippen molar-refractivity contribution < 1.29 is 19.1 Å². The number of methoxy groups -OCH3 is 1. The standard InChI is InChI=1S/C34H35N3O4/c1-34(2)18-27-31(29(38)19-34)32(23-12-14-24(15-13-23)33(40)41-3)37(28-11-7-6-10-26(28)35-27)21-30(39)36-17-16-22-8-4-5-9-25(22)20-36/h4-15,32,35H,16-21H2,1-3H3. The molecule has 1 unspecified atom stereocenters. The van der Waals surface area contributed by atoms with E-state index in [1.165, 1.54) is 18.2 Å². The van der Waals surface area contributed by atoms with Gasteiger partial charge in [-0.15, -0.1) is 0 Å². The molecule has 41 heavy (non-hydrogen) atoms. The molecule has 0 saturated heterocycles. The van der Waals surface area contributed by atoms with Gasteiger partial charge < -0.3 is 19.9 Å². The first-order chi connectivity index (χ1) is 19.7. The molecule has 0 radical (unpaired) electrons. The Bertz CT molecular complexity index is 1560. The molecule has 1 aliphatic carbocycles. The molecule has 7 nitrogen and oxygen atoms in total. The van der Waals surface area contributed by atoms with Crippen molar-refractivity contribution in [2.75, 3.05) is 30.4 Å². The van der Waals surface area contributed by atoms with Crippen molar-refractivity contribution in [1.29, 1.82) is 0 Å². The number of para-hydroxylation sites is 2. The van der Waals surface area contributed by atoms with Crippen molar-refractivity contribution in [2.24, 2.45) is 5.41 Å². The number of nitrogens with one attached hydrogen (secondary N) is 1. The van der Waals surface area contributed by atoms with Crippen LogP contribution in [0, 0.1) is 5.41 Å². The number of hydrogen-bond donors (Lipinski definition) is 1. The van der Waals surface area contributed by atoms with Crippen molar-refractivity contribution in [1.82, 2.24) is 4.90 Å². The summed E-state index contributed by atoms with van der Waals surface area (Å²) < 4.78 is 4.91. The van der Waals surface area contributed by atoms with Gasteiger partial charge in [0.1, 0.15) is 0 Å². The number of carbonyl (C=O) groups is 3. The van der Waals surface area contributed by atoms with Gasteiger partial charge in [0.15, 0.2) is 5.78 Å². The van der Waals surface area contributed by atoms with Crippen LogP contribution in [0.15, 0.2) is 84.1 Å². The maximum absolute atomic E-state index is 14.0. The van der Waals surface area contributed by atoms with Crippen LogP contribution < -0.4 is 10.2 Å². The van der Waals surface area contributed by atoms with E-state index in [1.54, 1.807) is 12.1 Å². The first kappa shape index (κ1) is 26.8. The van der Waals surface area contributed by atoms with Gasteiger partial charge in [-0.25, -0.2) is 4.79 Å². The third kappa shape index (κ3) is 5.12. The Morgan fingerprint density at radius 1 is 0.951 bits per heavy atom. The Labute approximate surface area is 240 Å². The number of esters is 1. The van der Waals surface area contributed by atoms with Crippen molar-refractivity contribution in [3.8, 4) is 0 Å². The third-order valence-electron chi connectivity index (χ3n) is 8.44. The van der Waals surface area contributed by atoms with Crippen molar-refractivity contribution in [3.05, 3.63) is 106 Å². The van der Waals surface area contributed by atoms with E-state index in [0.29, 0.717) is 37.1 Å². The third-order valence-corrected chi connectivity index (χ3v) is 8.44. The fraction of sp³-hybridized carbons (Fsp3) is 0.324. The number of ether oxygens (including phenoxy) is 1. The molecule has 6 rings (SSSR count). The Hall–Kier alpha value is -4.39. The molecule has 1 amide bonds. The van der Waals surface area contributed by atoms with Gasteiger partial charge in [0.05, 0.1) is 36.6 Å². The molecule has 0 spiro atoms. The number of nitrogens with zero attached hydrogens (tertiary/aromatic N) is 2. The normalized spacial score (nSPS) is 19.4. The summed E-state index contributed by atoms with van der Waals surface area (Å²) in [7, 11) is 1.36. The molecular formula is C34H35N3O4. The Morgan fingerprint density at radius 3 is 2.41 bits per heavy atom. The summed E-state index contributed by atoms with van der Waals surface area (Å²) in [5.74, 6) is -0.335. The summed E-state index contributed by atoms with van der Waals surface area (Å²) in [4.78, 5) is 44.1. The van der Waals surface area contributed by atoms with Crippen LogP contribution in [0.2, 0.25) is 0 Å². The van der Waals surface area contributed by atoms with Crippen molar-refractivity contribution >= 4 is 29.0 Å². The van der Waals surface area contributed by atoms with Gasteiger partial charge in [0.2, 0.25) is 5.91 Å². The first-order valence-corrected chi connectivity index (χ1v) is 14.2. The summed E-state index contributed by atoms with van der Waals surface area (Å²) in [5, 5.41) is 3.60. The average molecular weight is 550 g/mol. The van der Waals surface area contributed by atoms with Crippen molar-refractivity contribution in [2.45, 2.75) is 45.7 Å². The molecule has 3 aliphatic rings. The number of hydrogen-bond acceptors (Lipinski definition) is 6. The van der Waals surface area contributed by atoms with E-state index in [9.17, 15) is 14.4 Å². The summed E-state index contributed by atoms with van der Waals surface area (Å²) in [5.41, 5.74) is 6.85. The highest BCUT2D eigenvalue weighted by atomic mass is 16.5. The lowest BCUT2D eigenvalue weighted by Crippen LogP contribution is -2.45. The topological polar surface area (TPSA) is 79.0 Å². The zero-order valence-electron chi connectivity index (χ0n) is 23.8. The smallest absolute Gasteiger partial charge is 0.337 e. The highest BCUT2D eigenvalue weighted by Crippen LogP contribution is 2.48. The number of fused-ring (bicyclic) bond motifs is 2. The number of ketones is 1. The summed E-state index contributed by atoms with van der Waals surface area (Å²) >= 11 is 0. The van der Waals surface area contributed by atoms with Crippen LogP contribution in [0.25, 0.3) is 0 Å². The van der Waals surface area contributed by atoms with E-state index in [1.807, 2.05) is 53.4 Å². The number of Topliss-reactive ketones (excluding diaryl/α,β-unsaturated/α-hetero) is 1. The Balaban J connectivity index is 1.45. The van der Waals surface area contributed by atoms with Gasteiger partial charge in [-0.3, -0.25) is 9.59 Å². The fourth-order valence-electron chi connectivity index (χ4n) is 6.45. The Kier molecular flexibility index (Phi) is 6.89. The number of amides is 1. The lowest BCUT2D eigenvalue weighted by molar-refractivity contribution is -0.130. The first-order valence-electron chi connectivity index (χ1n) is 14.2. The molecule has 3 aromatic carbocycles. The predicted octanol–water partition coefficient (Wildman–Crippen LogP) is 5.67. The second-order valence-electron chi connectivity index (χ2n) is 12.0. The lowest BCUT2D eigenvalue weighted by atomic mass is 9.73. The summed E-state index contributed by atoms with van der Waals surface area (Å²) in [6, 6.07) is 22.9. The molecule has 0 fully saturated rings. The summed E-state index contributed by atoms with van der Waals surface area (Å²) in [6.07, 6.45) is 1.95. The number of benzene rings is 3. The molecule has 210 valence electrons. The Morgan fingerprint density at radius 2 is 1.66 bits per heavy atom. The quantitative estimate of drug-likeness (QED) is 0.422. The van der Waals surface area contributed by atoms with E-state index < -0.39 is 12.0 Å². The molecule has 1 atom stereocenters. The maximum atomic E-state index is 14.0. The molecule has 0 aromatic heterocycles. The molecule has 1 N–H and O–H groups in total. The molecular weight excluding hydrogens is 514 g/mol. The van der Waals surface area contributed by atoms with Gasteiger partial charge in [0.25, 0.3) is 0 Å². The minimum atomic E-state index is -0.502. The number of anilines is 2. The molecule has 2 aliphatic heterocycles. The minimum Gasteiger partial charge on any atom is -0.465 e. The van der Waals surface area contributed by atoms with Gasteiger partial charge >= 0.3 is 5.97 Å². The van der Waals surface area contributed by atoms with Gasteiger partial charge in [-0.1, -0.05) is 62.4 Å². The summed E-state index contributed by atoms with van der Waals surface area (Å²) in [6.45, 7) is 5.56. The fourth-order valence-corrected chi connectivity index (χ4v) is 6.45. The van der Waals surface area contributed by atoms with E-state index in [2.05, 4.69) is 36.2 Å². The van der Waals surface area contributed by atoms with Crippen molar-refractivity contribution in [3.63, 3.8) is 0 Å². The van der Waals surface area contributed by atoms with E-state index in [0.717, 1.165) is 29.1 Å². The number of rotatable bonds is 4. The SMILES string of the molecule is COC(=O)c1ccc(C2C3=C(CC(C)(C)CC3=O)Nc3ccccc3N2CC(=O)N2CCc3ccccc3C2)cc1. The van der Waals surface area contributed by atoms with Gasteiger partial charge in [0, 0.05) is 30.8 Å². The highest BCUT2D eigenvalue weighted by Gasteiger charge is 2.42.